The molecule has 1 aliphatic rings. The van der Waals surface area contributed by atoms with Crippen LogP contribution >= 0.6 is 0 Å². The molecule has 0 atom stereocenters. The zero-order valence-electron chi connectivity index (χ0n) is 19.1. The van der Waals surface area contributed by atoms with Crippen LogP contribution in [-0.4, -0.2) is 97.6 Å². The largest absolute Gasteiger partial charge is 0.379 e. The minimum absolute atomic E-state index is 0.0239. The molecule has 1 N–H and O–H groups in total. The molecule has 0 spiro atoms. The fourth-order valence-corrected chi connectivity index (χ4v) is 3.68. The molecule has 3 rings (SSSR count). The molecular formula is C22H34N6O3. The highest BCUT2D eigenvalue weighted by atomic mass is 16.5. The Morgan fingerprint density at radius 2 is 1.94 bits per heavy atom. The summed E-state index contributed by atoms with van der Waals surface area (Å²) in [6.45, 7) is 9.69. The molecule has 2 amide bonds. The Morgan fingerprint density at radius 3 is 2.58 bits per heavy atom. The van der Waals surface area contributed by atoms with Crippen molar-refractivity contribution in [3.8, 4) is 0 Å². The van der Waals surface area contributed by atoms with Gasteiger partial charge in [-0.3, -0.25) is 18.9 Å². The van der Waals surface area contributed by atoms with Gasteiger partial charge in [-0.05, 0) is 25.5 Å². The van der Waals surface area contributed by atoms with Gasteiger partial charge in [0.15, 0.2) is 0 Å². The third-order valence-corrected chi connectivity index (χ3v) is 5.58. The second-order valence-corrected chi connectivity index (χ2v) is 7.89. The number of amides is 2. The van der Waals surface area contributed by atoms with E-state index in [0.29, 0.717) is 18.7 Å². The number of morpholine rings is 1. The van der Waals surface area contributed by atoms with Gasteiger partial charge in [-0.15, -0.1) is 0 Å². The summed E-state index contributed by atoms with van der Waals surface area (Å²) in [5.74, 6) is 0.786. The topological polar surface area (TPSA) is 82.4 Å². The van der Waals surface area contributed by atoms with Gasteiger partial charge in [0.05, 0.1) is 31.0 Å². The van der Waals surface area contributed by atoms with E-state index in [-0.39, 0.29) is 18.4 Å². The summed E-state index contributed by atoms with van der Waals surface area (Å²) in [7, 11) is 3.51. The van der Waals surface area contributed by atoms with E-state index in [4.69, 9.17) is 9.72 Å². The number of carbonyl (C=O) groups excluding carboxylic acids is 2. The predicted octanol–water partition coefficient (Wildman–Crippen LogP) is 0.873. The van der Waals surface area contributed by atoms with Crippen LogP contribution in [0.25, 0.3) is 5.65 Å². The van der Waals surface area contributed by atoms with Gasteiger partial charge < -0.3 is 19.9 Å². The molecule has 9 heteroatoms. The molecule has 1 fully saturated rings. The number of hydrogen-bond acceptors (Lipinski definition) is 6. The average Bonchev–Trinajstić information content (AvgIpc) is 3.15. The van der Waals surface area contributed by atoms with Gasteiger partial charge >= 0.3 is 0 Å². The zero-order valence-corrected chi connectivity index (χ0v) is 19.1. The first kappa shape index (κ1) is 23.0. The highest BCUT2D eigenvalue weighted by Gasteiger charge is 2.21. The van der Waals surface area contributed by atoms with Gasteiger partial charge in [0.1, 0.15) is 11.5 Å². The van der Waals surface area contributed by atoms with E-state index in [1.54, 1.807) is 25.1 Å². The summed E-state index contributed by atoms with van der Waals surface area (Å²) in [5.41, 5.74) is 2.26. The maximum Gasteiger partial charge on any atom is 0.252 e. The van der Waals surface area contributed by atoms with Gasteiger partial charge in [-0.25, -0.2) is 4.98 Å². The normalized spacial score (nSPS) is 14.6. The van der Waals surface area contributed by atoms with E-state index < -0.39 is 0 Å². The Bertz CT molecular complexity index is 904. The molecule has 0 aliphatic carbocycles. The lowest BCUT2D eigenvalue weighted by Crippen LogP contribution is -2.41. The Balaban J connectivity index is 1.78. The minimum atomic E-state index is -0.111. The van der Waals surface area contributed by atoms with Crippen LogP contribution in [0.3, 0.4) is 0 Å². The van der Waals surface area contributed by atoms with Crippen LogP contribution < -0.4 is 10.2 Å². The van der Waals surface area contributed by atoms with Crippen molar-refractivity contribution in [2.24, 2.45) is 0 Å². The van der Waals surface area contributed by atoms with Crippen LogP contribution in [-0.2, 0) is 16.0 Å². The van der Waals surface area contributed by atoms with Crippen LogP contribution in [0.1, 0.15) is 29.9 Å². The maximum absolute atomic E-state index is 12.8. The van der Waals surface area contributed by atoms with Crippen molar-refractivity contribution in [2.45, 2.75) is 20.3 Å². The van der Waals surface area contributed by atoms with Crippen molar-refractivity contribution in [1.82, 2.24) is 24.5 Å². The van der Waals surface area contributed by atoms with E-state index in [1.165, 1.54) is 0 Å². The lowest BCUT2D eigenvalue weighted by Gasteiger charge is -2.26. The lowest BCUT2D eigenvalue weighted by molar-refractivity contribution is -0.127. The number of likely N-dealkylation sites (N-methyl/N-ethyl adjacent to an activating group) is 2. The van der Waals surface area contributed by atoms with Gasteiger partial charge in [-0.2, -0.15) is 0 Å². The molecule has 0 saturated carbocycles. The number of carbonyl (C=O) groups is 2. The van der Waals surface area contributed by atoms with Gasteiger partial charge in [0.2, 0.25) is 5.91 Å². The second-order valence-electron chi connectivity index (χ2n) is 7.89. The third-order valence-electron chi connectivity index (χ3n) is 5.58. The molecular weight excluding hydrogens is 396 g/mol. The molecule has 9 nitrogen and oxygen atoms in total. The first-order valence-electron chi connectivity index (χ1n) is 11.0. The van der Waals surface area contributed by atoms with Crippen molar-refractivity contribution in [3.05, 3.63) is 29.6 Å². The molecule has 31 heavy (non-hydrogen) atoms. The van der Waals surface area contributed by atoms with Crippen LogP contribution in [0.4, 0.5) is 5.82 Å². The van der Waals surface area contributed by atoms with Crippen molar-refractivity contribution >= 4 is 23.3 Å². The highest BCUT2D eigenvalue weighted by Crippen LogP contribution is 2.24. The van der Waals surface area contributed by atoms with Crippen molar-refractivity contribution in [3.63, 3.8) is 0 Å². The third kappa shape index (κ3) is 5.54. The first-order chi connectivity index (χ1) is 14.9. The SMILES string of the molecule is CCc1nc2ccc(C(=O)NCCN3CCOCC3)cn2c1N(CC)CC(=O)N(C)C. The number of imidazole rings is 1. The van der Waals surface area contributed by atoms with E-state index in [9.17, 15) is 9.59 Å². The average molecular weight is 431 g/mol. The number of aromatic nitrogens is 2. The van der Waals surface area contributed by atoms with E-state index in [0.717, 1.165) is 56.4 Å². The molecule has 3 heterocycles. The van der Waals surface area contributed by atoms with Crippen LogP contribution in [0.2, 0.25) is 0 Å². The molecule has 0 radical (unpaired) electrons. The minimum Gasteiger partial charge on any atom is -0.379 e. The number of aryl methyl sites for hydroxylation is 1. The number of nitrogens with zero attached hydrogens (tertiary/aromatic N) is 5. The summed E-state index contributed by atoms with van der Waals surface area (Å²) in [4.78, 5) is 35.7. The lowest BCUT2D eigenvalue weighted by atomic mass is 10.2. The first-order valence-corrected chi connectivity index (χ1v) is 11.0. The summed E-state index contributed by atoms with van der Waals surface area (Å²) < 4.78 is 7.29. The Kier molecular flexibility index (Phi) is 7.86. The molecule has 170 valence electrons. The van der Waals surface area contributed by atoms with Gasteiger partial charge in [0.25, 0.3) is 5.91 Å². The molecule has 1 saturated heterocycles. The van der Waals surface area contributed by atoms with Crippen LogP contribution in [0.5, 0.6) is 0 Å². The van der Waals surface area contributed by atoms with E-state index >= 15 is 0 Å². The Hall–Kier alpha value is -2.65. The standard InChI is InChI=1S/C22H34N6O3/c1-5-18-22(27(6-2)16-20(29)25(3)4)28-15-17(7-8-19(28)24-18)21(30)23-9-10-26-11-13-31-14-12-26/h7-8,15H,5-6,9-14,16H2,1-4H3,(H,23,30). The van der Waals surface area contributed by atoms with Crippen molar-refractivity contribution in [1.29, 1.82) is 0 Å². The smallest absolute Gasteiger partial charge is 0.252 e. The number of fused-ring (bicyclic) bond motifs is 1. The zero-order chi connectivity index (χ0) is 22.4. The molecule has 2 aromatic heterocycles. The fourth-order valence-electron chi connectivity index (χ4n) is 3.68. The summed E-state index contributed by atoms with van der Waals surface area (Å²) in [5, 5.41) is 3.01. The fraction of sp³-hybridized carbons (Fsp3) is 0.591. The van der Waals surface area contributed by atoms with Gasteiger partial charge in [0, 0.05) is 53.0 Å². The van der Waals surface area contributed by atoms with E-state index in [1.807, 2.05) is 35.4 Å². The monoisotopic (exact) mass is 430 g/mol. The van der Waals surface area contributed by atoms with Crippen molar-refractivity contribution in [2.75, 3.05) is 71.5 Å². The number of ether oxygens (including phenoxy) is 1. The summed E-state index contributed by atoms with van der Waals surface area (Å²) in [6, 6.07) is 3.66. The maximum atomic E-state index is 12.8. The summed E-state index contributed by atoms with van der Waals surface area (Å²) in [6.07, 6.45) is 2.56. The molecule has 1 aliphatic heterocycles. The van der Waals surface area contributed by atoms with Gasteiger partial charge in [-0.1, -0.05) is 6.92 Å². The Morgan fingerprint density at radius 1 is 1.19 bits per heavy atom. The molecule has 2 aromatic rings. The second kappa shape index (κ2) is 10.6. The number of nitrogens with one attached hydrogen (secondary N) is 1. The Labute approximate surface area is 184 Å². The van der Waals surface area contributed by atoms with Crippen molar-refractivity contribution < 1.29 is 14.3 Å². The number of pyridine rings is 1. The summed E-state index contributed by atoms with van der Waals surface area (Å²) >= 11 is 0. The van der Waals surface area contributed by atoms with Crippen LogP contribution in [0, 0.1) is 0 Å². The number of anilines is 1. The molecule has 0 aromatic carbocycles. The van der Waals surface area contributed by atoms with E-state index in [2.05, 4.69) is 10.2 Å². The molecule has 0 unspecified atom stereocenters. The number of hydrogen-bond donors (Lipinski definition) is 1. The predicted molar refractivity (Wildman–Crippen MR) is 121 cm³/mol. The van der Waals surface area contributed by atoms with Crippen LogP contribution in [0.15, 0.2) is 18.3 Å². The quantitative estimate of drug-likeness (QED) is 0.636. The molecule has 0 bridgehead atoms. The highest BCUT2D eigenvalue weighted by molar-refractivity contribution is 5.94. The number of rotatable bonds is 9.